The summed E-state index contributed by atoms with van der Waals surface area (Å²) in [6, 6.07) is 28.7. The summed E-state index contributed by atoms with van der Waals surface area (Å²) in [5.41, 5.74) is 4.28. The second kappa shape index (κ2) is 8.69. The van der Waals surface area contributed by atoms with E-state index in [1.807, 2.05) is 72.8 Å². The zero-order chi connectivity index (χ0) is 23.9. The van der Waals surface area contributed by atoms with Gasteiger partial charge in [0, 0.05) is 31.8 Å². The fraction of sp³-hybridized carbons (Fsp3) is 0.0357. The van der Waals surface area contributed by atoms with Gasteiger partial charge in [-0.2, -0.15) is 0 Å². The lowest BCUT2D eigenvalue weighted by Crippen LogP contribution is -2.00. The Kier molecular flexibility index (Phi) is 5.36. The highest BCUT2D eigenvalue weighted by Gasteiger charge is 2.19. The SMILES string of the molecule is Oc1c(N=Nc2c3ccccc3nc3ccccc23)c2ccccc2n1Cc1c(Cl)cccc1Cl. The van der Waals surface area contributed by atoms with Gasteiger partial charge in [0.15, 0.2) is 5.69 Å². The lowest BCUT2D eigenvalue weighted by atomic mass is 10.1. The number of aromatic nitrogens is 2. The molecule has 0 unspecified atom stereocenters. The van der Waals surface area contributed by atoms with Crippen LogP contribution >= 0.6 is 23.2 Å². The van der Waals surface area contributed by atoms with Gasteiger partial charge < -0.3 is 9.67 Å². The molecule has 1 N–H and O–H groups in total. The summed E-state index contributed by atoms with van der Waals surface area (Å²) < 4.78 is 1.75. The molecule has 35 heavy (non-hydrogen) atoms. The lowest BCUT2D eigenvalue weighted by Gasteiger charge is -2.10. The zero-order valence-electron chi connectivity index (χ0n) is 18.4. The van der Waals surface area contributed by atoms with Gasteiger partial charge in [-0.3, -0.25) is 0 Å². The molecule has 2 heterocycles. The Labute approximate surface area is 210 Å². The van der Waals surface area contributed by atoms with Crippen molar-refractivity contribution in [1.82, 2.24) is 9.55 Å². The van der Waals surface area contributed by atoms with Crippen molar-refractivity contribution < 1.29 is 5.11 Å². The number of pyridine rings is 1. The van der Waals surface area contributed by atoms with Gasteiger partial charge in [0.1, 0.15) is 5.69 Å². The van der Waals surface area contributed by atoms with E-state index >= 15 is 0 Å². The largest absolute Gasteiger partial charge is 0.493 e. The predicted octanol–water partition coefficient (Wildman–Crippen LogP) is 8.82. The molecule has 0 radical (unpaired) electrons. The van der Waals surface area contributed by atoms with E-state index in [-0.39, 0.29) is 5.88 Å². The third kappa shape index (κ3) is 3.70. The highest BCUT2D eigenvalue weighted by atomic mass is 35.5. The molecule has 6 aromatic rings. The first-order chi connectivity index (χ1) is 17.1. The van der Waals surface area contributed by atoms with Crippen LogP contribution in [0.1, 0.15) is 5.56 Å². The quantitative estimate of drug-likeness (QED) is 0.195. The number of halogens is 2. The number of hydrogen-bond donors (Lipinski definition) is 1. The van der Waals surface area contributed by atoms with Gasteiger partial charge in [-0.15, -0.1) is 10.2 Å². The number of hydrogen-bond acceptors (Lipinski definition) is 4. The molecule has 170 valence electrons. The fourth-order valence-corrected chi connectivity index (χ4v) is 4.91. The van der Waals surface area contributed by atoms with Gasteiger partial charge in [-0.1, -0.05) is 83.9 Å². The van der Waals surface area contributed by atoms with Crippen LogP contribution in [0.25, 0.3) is 32.7 Å². The van der Waals surface area contributed by atoms with E-state index in [1.165, 1.54) is 0 Å². The molecule has 2 aromatic heterocycles. The fourth-order valence-electron chi connectivity index (χ4n) is 4.40. The Balaban J connectivity index is 1.54. The third-order valence-electron chi connectivity index (χ3n) is 6.10. The molecule has 6 rings (SSSR count). The van der Waals surface area contributed by atoms with Gasteiger partial charge in [0.2, 0.25) is 5.88 Å². The van der Waals surface area contributed by atoms with Crippen LogP contribution in [0.3, 0.4) is 0 Å². The van der Waals surface area contributed by atoms with Crippen LogP contribution in [0.2, 0.25) is 10.0 Å². The van der Waals surface area contributed by atoms with Crippen LogP contribution in [0.4, 0.5) is 11.4 Å². The average Bonchev–Trinajstić information content (AvgIpc) is 3.14. The Bertz CT molecular complexity index is 1700. The van der Waals surface area contributed by atoms with Crippen molar-refractivity contribution in [2.45, 2.75) is 6.54 Å². The zero-order valence-corrected chi connectivity index (χ0v) is 19.9. The van der Waals surface area contributed by atoms with E-state index in [9.17, 15) is 5.11 Å². The first-order valence-electron chi connectivity index (χ1n) is 11.0. The highest BCUT2D eigenvalue weighted by molar-refractivity contribution is 6.36. The molecule has 0 aliphatic rings. The molecule has 4 aromatic carbocycles. The van der Waals surface area contributed by atoms with Crippen molar-refractivity contribution in [2.24, 2.45) is 10.2 Å². The van der Waals surface area contributed by atoms with E-state index < -0.39 is 0 Å². The number of nitrogens with zero attached hydrogens (tertiary/aromatic N) is 4. The van der Waals surface area contributed by atoms with Crippen molar-refractivity contribution in [3.8, 4) is 5.88 Å². The Morgan fingerprint density at radius 2 is 1.20 bits per heavy atom. The van der Waals surface area contributed by atoms with Gasteiger partial charge in [0.05, 0.1) is 23.1 Å². The monoisotopic (exact) mass is 496 g/mol. The first kappa shape index (κ1) is 21.6. The Hall–Kier alpha value is -3.93. The van der Waals surface area contributed by atoms with Crippen LogP contribution in [0, 0.1) is 0 Å². The lowest BCUT2D eigenvalue weighted by molar-refractivity contribution is 0.429. The van der Waals surface area contributed by atoms with Crippen LogP contribution in [-0.4, -0.2) is 14.7 Å². The van der Waals surface area contributed by atoms with E-state index in [4.69, 9.17) is 28.2 Å². The number of fused-ring (bicyclic) bond motifs is 3. The number of para-hydroxylation sites is 3. The van der Waals surface area contributed by atoms with E-state index in [0.29, 0.717) is 28.0 Å². The van der Waals surface area contributed by atoms with Crippen molar-refractivity contribution in [3.63, 3.8) is 0 Å². The topological polar surface area (TPSA) is 62.8 Å². The van der Waals surface area contributed by atoms with E-state index in [1.54, 1.807) is 22.8 Å². The van der Waals surface area contributed by atoms with Crippen LogP contribution in [0.15, 0.2) is 101 Å². The molecule has 0 spiro atoms. The standard InChI is InChI=1S/C28H18Cl2N4O/c29-21-11-7-12-22(30)20(21)16-34-25-15-6-3-10-19(25)27(28(34)35)33-32-26-17-8-1-4-13-23(17)31-24-14-5-2-9-18(24)26/h1-15,35H,16H2. The summed E-state index contributed by atoms with van der Waals surface area (Å²) in [7, 11) is 0. The molecule has 0 saturated heterocycles. The molecular formula is C28H18Cl2N4O. The maximum Gasteiger partial charge on any atom is 0.221 e. The first-order valence-corrected chi connectivity index (χ1v) is 11.8. The molecular weight excluding hydrogens is 479 g/mol. The summed E-state index contributed by atoms with van der Waals surface area (Å²) in [5.74, 6) is -0.00592. The summed E-state index contributed by atoms with van der Waals surface area (Å²) in [4.78, 5) is 4.75. The molecule has 0 bridgehead atoms. The second-order valence-electron chi connectivity index (χ2n) is 8.17. The summed E-state index contributed by atoms with van der Waals surface area (Å²) in [6.45, 7) is 0.293. The van der Waals surface area contributed by atoms with E-state index in [0.717, 1.165) is 38.3 Å². The number of aromatic hydroxyl groups is 1. The minimum absolute atomic E-state index is 0.00592. The molecule has 0 amide bonds. The Morgan fingerprint density at radius 1 is 0.657 bits per heavy atom. The molecule has 7 heteroatoms. The van der Waals surface area contributed by atoms with Crippen molar-refractivity contribution in [2.75, 3.05) is 0 Å². The van der Waals surface area contributed by atoms with E-state index in [2.05, 4.69) is 10.2 Å². The summed E-state index contributed by atoms with van der Waals surface area (Å²) in [5, 5.41) is 24.1. The number of rotatable bonds is 4. The van der Waals surface area contributed by atoms with Crippen LogP contribution < -0.4 is 0 Å². The molecule has 5 nitrogen and oxygen atoms in total. The average molecular weight is 497 g/mol. The van der Waals surface area contributed by atoms with Crippen molar-refractivity contribution in [3.05, 3.63) is 107 Å². The molecule has 0 atom stereocenters. The van der Waals surface area contributed by atoms with Crippen LogP contribution in [0.5, 0.6) is 5.88 Å². The van der Waals surface area contributed by atoms with Crippen LogP contribution in [-0.2, 0) is 6.54 Å². The predicted molar refractivity (Wildman–Crippen MR) is 143 cm³/mol. The van der Waals surface area contributed by atoms with Gasteiger partial charge in [0.25, 0.3) is 0 Å². The van der Waals surface area contributed by atoms with Gasteiger partial charge >= 0.3 is 0 Å². The second-order valence-corrected chi connectivity index (χ2v) is 8.98. The van der Waals surface area contributed by atoms with Gasteiger partial charge in [-0.05, 0) is 30.3 Å². The summed E-state index contributed by atoms with van der Waals surface area (Å²) >= 11 is 12.8. The van der Waals surface area contributed by atoms with Crippen molar-refractivity contribution in [1.29, 1.82) is 0 Å². The highest BCUT2D eigenvalue weighted by Crippen LogP contribution is 2.42. The summed E-state index contributed by atoms with van der Waals surface area (Å²) in [6.07, 6.45) is 0. The van der Waals surface area contributed by atoms with Gasteiger partial charge in [-0.25, -0.2) is 4.98 Å². The maximum absolute atomic E-state index is 11.3. The third-order valence-corrected chi connectivity index (χ3v) is 6.81. The number of azo groups is 1. The minimum Gasteiger partial charge on any atom is -0.493 e. The molecule has 0 aliphatic heterocycles. The normalized spacial score (nSPS) is 11.8. The molecule has 0 saturated carbocycles. The Morgan fingerprint density at radius 3 is 1.86 bits per heavy atom. The smallest absolute Gasteiger partial charge is 0.221 e. The minimum atomic E-state index is -0.00592. The number of benzene rings is 4. The molecule has 0 fully saturated rings. The van der Waals surface area contributed by atoms with Crippen molar-refractivity contribution >= 4 is 67.3 Å². The molecule has 0 aliphatic carbocycles. The maximum atomic E-state index is 11.3.